The van der Waals surface area contributed by atoms with E-state index in [4.69, 9.17) is 38.1 Å². The number of hydrogen-bond acceptors (Lipinski definition) is 7. The Balaban J connectivity index is 1.34. The normalized spacial score (nSPS) is 18.4. The molecule has 240 valence electrons. The summed E-state index contributed by atoms with van der Waals surface area (Å²) in [6.07, 6.45) is 2.00. The van der Waals surface area contributed by atoms with Crippen molar-refractivity contribution in [3.8, 4) is 17.0 Å². The van der Waals surface area contributed by atoms with Crippen LogP contribution in [0.1, 0.15) is 58.8 Å². The van der Waals surface area contributed by atoms with Gasteiger partial charge in [-0.25, -0.2) is 18.7 Å². The number of primary amides is 1. The lowest BCUT2D eigenvalue weighted by atomic mass is 9.80. The fourth-order valence-electron chi connectivity index (χ4n) is 5.68. The quantitative estimate of drug-likeness (QED) is 0.167. The van der Waals surface area contributed by atoms with Crippen LogP contribution in [0.25, 0.3) is 22.4 Å². The molecule has 0 spiro atoms. The van der Waals surface area contributed by atoms with Crippen molar-refractivity contribution in [1.29, 1.82) is 0 Å². The minimum Gasteiger partial charge on any atom is -0.489 e. The van der Waals surface area contributed by atoms with Gasteiger partial charge < -0.3 is 25.3 Å². The molecule has 9 nitrogen and oxygen atoms in total. The van der Waals surface area contributed by atoms with Crippen molar-refractivity contribution in [2.45, 2.75) is 36.7 Å². The van der Waals surface area contributed by atoms with E-state index >= 15 is 0 Å². The second kappa shape index (κ2) is 11.3. The highest BCUT2D eigenvalue weighted by molar-refractivity contribution is 6.43. The van der Waals surface area contributed by atoms with Crippen molar-refractivity contribution < 1.29 is 32.6 Å². The molecule has 47 heavy (non-hydrogen) atoms. The zero-order valence-electron chi connectivity index (χ0n) is 24.7. The summed E-state index contributed by atoms with van der Waals surface area (Å²) in [5.41, 5.74) is 3.90. The Bertz CT molecular complexity index is 2120. The summed E-state index contributed by atoms with van der Waals surface area (Å²) in [4.78, 5) is 35.4. The summed E-state index contributed by atoms with van der Waals surface area (Å²) in [6.45, 7) is 0.906. The van der Waals surface area contributed by atoms with Gasteiger partial charge in [-0.3, -0.25) is 9.59 Å². The lowest BCUT2D eigenvalue weighted by Gasteiger charge is -2.30. The number of carbonyl (C=O) groups excluding carboxylic acids is 2. The van der Waals surface area contributed by atoms with Crippen LogP contribution in [-0.2, 0) is 15.8 Å². The minimum absolute atomic E-state index is 0.0257. The smallest absolute Gasteiger partial charge is 0.251 e. The molecule has 5 aromatic rings. The third kappa shape index (κ3) is 5.28. The number of oxazole rings is 1. The van der Waals surface area contributed by atoms with E-state index in [-0.39, 0.29) is 62.0 Å². The number of pyridine rings is 1. The highest BCUT2D eigenvalue weighted by Gasteiger charge is 2.46. The van der Waals surface area contributed by atoms with Gasteiger partial charge in [0.15, 0.2) is 11.5 Å². The summed E-state index contributed by atoms with van der Waals surface area (Å²) in [6, 6.07) is 13.8. The monoisotopic (exact) mass is 678 g/mol. The van der Waals surface area contributed by atoms with Crippen molar-refractivity contribution in [2.24, 2.45) is 5.73 Å². The van der Waals surface area contributed by atoms with Gasteiger partial charge in [0.05, 0.1) is 22.3 Å². The first-order chi connectivity index (χ1) is 22.4. The first kappa shape index (κ1) is 31.0. The second-order valence-electron chi connectivity index (χ2n) is 12.0. The molecule has 0 saturated heterocycles. The van der Waals surface area contributed by atoms with Gasteiger partial charge in [0, 0.05) is 22.6 Å². The topological polar surface area (TPSA) is 141 Å². The summed E-state index contributed by atoms with van der Waals surface area (Å²) >= 11 is 12.6. The molecule has 1 fully saturated rings. The lowest BCUT2D eigenvalue weighted by Crippen LogP contribution is -2.43. The van der Waals surface area contributed by atoms with Crippen LogP contribution in [0.5, 0.6) is 5.75 Å². The van der Waals surface area contributed by atoms with Crippen molar-refractivity contribution >= 4 is 46.1 Å². The number of fused-ring (bicyclic) bond motifs is 2. The Morgan fingerprint density at radius 1 is 1.09 bits per heavy atom. The number of benzene rings is 3. The SMILES string of the molecule is C[C@]1(C(N)=O)COc2c1cc([C@@](O)(CNC(=O)c1ccc3nc(C4CC4)oc3c1)c1cccc(F)c1)nc2-c1ccc(F)c(Cl)c1Cl. The fraction of sp³-hybridized carbons (Fsp3) is 0.235. The highest BCUT2D eigenvalue weighted by atomic mass is 35.5. The highest BCUT2D eigenvalue weighted by Crippen LogP contribution is 2.48. The van der Waals surface area contributed by atoms with E-state index in [1.165, 1.54) is 30.3 Å². The van der Waals surface area contributed by atoms with E-state index in [9.17, 15) is 23.5 Å². The number of carbonyl (C=O) groups is 2. The third-order valence-electron chi connectivity index (χ3n) is 8.73. The number of halogens is 4. The number of rotatable bonds is 8. The molecule has 2 amide bonds. The largest absolute Gasteiger partial charge is 0.489 e. The van der Waals surface area contributed by atoms with Gasteiger partial charge in [-0.2, -0.15) is 0 Å². The van der Waals surface area contributed by atoms with Crippen LogP contribution in [0.3, 0.4) is 0 Å². The molecular formula is C34H26Cl2F2N4O5. The van der Waals surface area contributed by atoms with Crippen LogP contribution < -0.4 is 15.8 Å². The molecule has 13 heteroatoms. The number of aliphatic hydroxyl groups is 1. The Hall–Kier alpha value is -4.58. The van der Waals surface area contributed by atoms with Gasteiger partial charge in [0.25, 0.3) is 5.91 Å². The molecule has 1 aliphatic carbocycles. The van der Waals surface area contributed by atoms with Crippen LogP contribution in [0.2, 0.25) is 10.0 Å². The summed E-state index contributed by atoms with van der Waals surface area (Å²) in [7, 11) is 0. The molecule has 3 aromatic carbocycles. The summed E-state index contributed by atoms with van der Waals surface area (Å²) < 4.78 is 40.7. The van der Waals surface area contributed by atoms with Crippen LogP contribution in [0.4, 0.5) is 8.78 Å². The van der Waals surface area contributed by atoms with E-state index in [0.717, 1.165) is 25.0 Å². The maximum absolute atomic E-state index is 14.6. The van der Waals surface area contributed by atoms with E-state index < -0.39 is 41.0 Å². The van der Waals surface area contributed by atoms with Crippen molar-refractivity contribution in [1.82, 2.24) is 15.3 Å². The molecule has 2 aromatic heterocycles. The fourth-order valence-corrected chi connectivity index (χ4v) is 6.08. The Labute approximate surface area is 276 Å². The molecule has 1 saturated carbocycles. The zero-order chi connectivity index (χ0) is 33.2. The third-order valence-corrected chi connectivity index (χ3v) is 9.59. The van der Waals surface area contributed by atoms with Crippen molar-refractivity contribution in [3.63, 3.8) is 0 Å². The molecular weight excluding hydrogens is 653 g/mol. The summed E-state index contributed by atoms with van der Waals surface area (Å²) in [5.74, 6) is -1.68. The average molecular weight is 680 g/mol. The first-order valence-electron chi connectivity index (χ1n) is 14.7. The molecule has 1 aliphatic heterocycles. The lowest BCUT2D eigenvalue weighted by molar-refractivity contribution is -0.123. The van der Waals surface area contributed by atoms with E-state index in [1.54, 1.807) is 25.1 Å². The van der Waals surface area contributed by atoms with Gasteiger partial charge >= 0.3 is 0 Å². The van der Waals surface area contributed by atoms with Crippen LogP contribution in [0.15, 0.2) is 65.1 Å². The summed E-state index contributed by atoms with van der Waals surface area (Å²) in [5, 5.41) is 14.6. The molecule has 0 unspecified atom stereocenters. The number of ether oxygens (including phenoxy) is 1. The van der Waals surface area contributed by atoms with Crippen molar-refractivity contribution in [3.05, 3.63) is 111 Å². The zero-order valence-corrected chi connectivity index (χ0v) is 26.3. The van der Waals surface area contributed by atoms with Crippen LogP contribution >= 0.6 is 23.2 Å². The Morgan fingerprint density at radius 2 is 1.87 bits per heavy atom. The van der Waals surface area contributed by atoms with Gasteiger partial charge in [-0.05, 0) is 73.9 Å². The number of nitrogens with one attached hydrogen (secondary N) is 1. The van der Waals surface area contributed by atoms with E-state index in [2.05, 4.69) is 15.3 Å². The van der Waals surface area contributed by atoms with Crippen LogP contribution in [-0.4, -0.2) is 40.0 Å². The number of amides is 2. The molecule has 4 N–H and O–H groups in total. The molecule has 3 heterocycles. The maximum atomic E-state index is 14.6. The Kier molecular flexibility index (Phi) is 7.46. The van der Waals surface area contributed by atoms with Gasteiger partial charge in [-0.15, -0.1) is 0 Å². The maximum Gasteiger partial charge on any atom is 0.251 e. The molecule has 0 bridgehead atoms. The predicted molar refractivity (Wildman–Crippen MR) is 169 cm³/mol. The van der Waals surface area contributed by atoms with Crippen molar-refractivity contribution in [2.75, 3.05) is 13.2 Å². The number of nitrogens with zero attached hydrogens (tertiary/aromatic N) is 2. The van der Waals surface area contributed by atoms with Gasteiger partial charge in [0.2, 0.25) is 5.91 Å². The predicted octanol–water partition coefficient (Wildman–Crippen LogP) is 6.15. The number of aromatic nitrogens is 2. The van der Waals surface area contributed by atoms with Crippen LogP contribution in [0, 0.1) is 11.6 Å². The van der Waals surface area contributed by atoms with E-state index in [0.29, 0.717) is 17.0 Å². The minimum atomic E-state index is -2.19. The standard InChI is InChI=1S/C34H26Cl2F2N4O5/c1-33(32(39)44)15-46-29-21(33)13-25(42-28(29)20-8-9-22(38)27(36)26(20)35)34(45,18-3-2-4-19(37)12-18)14-40-30(43)17-7-10-23-24(11-17)47-31(41-23)16-5-6-16/h2-4,7-13,16,45H,5-6,14-15H2,1H3,(H2,39,44)(H,40,43)/t33-,34+/m0/s1. The van der Waals surface area contributed by atoms with Gasteiger partial charge in [-0.1, -0.05) is 35.3 Å². The first-order valence-corrected chi connectivity index (χ1v) is 15.4. The molecule has 2 aliphatic rings. The number of hydrogen-bond donors (Lipinski definition) is 3. The van der Waals surface area contributed by atoms with E-state index in [1.807, 2.05) is 0 Å². The molecule has 0 radical (unpaired) electrons. The molecule has 7 rings (SSSR count). The number of nitrogens with two attached hydrogens (primary N) is 1. The second-order valence-corrected chi connectivity index (χ2v) is 12.8. The average Bonchev–Trinajstić information content (AvgIpc) is 3.73. The van der Waals surface area contributed by atoms with Gasteiger partial charge in [0.1, 0.15) is 46.2 Å². The Morgan fingerprint density at radius 3 is 2.60 bits per heavy atom. The molecule has 2 atom stereocenters.